The Morgan fingerprint density at radius 3 is 2.65 bits per heavy atom. The number of halogens is 1. The first-order valence-corrected chi connectivity index (χ1v) is 6.66. The number of rotatable bonds is 7. The maximum atomic E-state index is 13.1. The van der Waals surface area contributed by atoms with E-state index in [2.05, 4.69) is 19.2 Å². The first kappa shape index (κ1) is 14.0. The van der Waals surface area contributed by atoms with Crippen molar-refractivity contribution in [3.05, 3.63) is 29.6 Å². The Labute approximate surface area is 104 Å². The molecule has 1 nitrogen and oxygen atoms in total. The standard InChI is InChI=1S/C15H24FN/c1-4-5-6-7-8-13(3)17-14-9-10-15(16)12(2)11-14/h9-11,13,17H,4-8H2,1-3H3. The normalized spacial score (nSPS) is 12.5. The van der Waals surface area contributed by atoms with Gasteiger partial charge in [0, 0.05) is 11.7 Å². The average Bonchev–Trinajstić information content (AvgIpc) is 2.30. The van der Waals surface area contributed by atoms with E-state index in [0.717, 1.165) is 5.69 Å². The van der Waals surface area contributed by atoms with Crippen LogP contribution in [0.1, 0.15) is 51.5 Å². The van der Waals surface area contributed by atoms with Crippen LogP contribution in [0.5, 0.6) is 0 Å². The van der Waals surface area contributed by atoms with Crippen LogP contribution in [-0.4, -0.2) is 6.04 Å². The number of hydrogen-bond acceptors (Lipinski definition) is 1. The topological polar surface area (TPSA) is 12.0 Å². The van der Waals surface area contributed by atoms with Gasteiger partial charge in [0.15, 0.2) is 0 Å². The lowest BCUT2D eigenvalue weighted by Crippen LogP contribution is -2.14. The highest BCUT2D eigenvalue weighted by Gasteiger charge is 2.03. The Bertz CT molecular complexity index is 336. The van der Waals surface area contributed by atoms with Gasteiger partial charge >= 0.3 is 0 Å². The molecule has 2 heteroatoms. The minimum absolute atomic E-state index is 0.133. The van der Waals surface area contributed by atoms with Gasteiger partial charge in [0.25, 0.3) is 0 Å². The number of benzene rings is 1. The van der Waals surface area contributed by atoms with Gasteiger partial charge < -0.3 is 5.32 Å². The highest BCUT2D eigenvalue weighted by molar-refractivity contribution is 5.46. The molecule has 0 saturated carbocycles. The maximum Gasteiger partial charge on any atom is 0.126 e. The molecule has 0 aliphatic carbocycles. The second-order valence-electron chi connectivity index (χ2n) is 4.86. The third-order valence-corrected chi connectivity index (χ3v) is 3.06. The molecule has 1 aromatic rings. The van der Waals surface area contributed by atoms with Crippen LogP contribution in [0, 0.1) is 12.7 Å². The summed E-state index contributed by atoms with van der Waals surface area (Å²) >= 11 is 0. The number of nitrogens with one attached hydrogen (secondary N) is 1. The molecule has 1 aromatic carbocycles. The fraction of sp³-hybridized carbons (Fsp3) is 0.600. The van der Waals surface area contributed by atoms with E-state index < -0.39 is 0 Å². The molecule has 0 aliphatic heterocycles. The molecule has 96 valence electrons. The number of unbranched alkanes of at least 4 members (excludes halogenated alkanes) is 3. The molecule has 0 heterocycles. The largest absolute Gasteiger partial charge is 0.383 e. The summed E-state index contributed by atoms with van der Waals surface area (Å²) in [5.74, 6) is -0.133. The number of aryl methyl sites for hydroxylation is 1. The summed E-state index contributed by atoms with van der Waals surface area (Å²) in [4.78, 5) is 0. The lowest BCUT2D eigenvalue weighted by Gasteiger charge is -2.15. The van der Waals surface area contributed by atoms with Crippen LogP contribution in [0.2, 0.25) is 0 Å². The van der Waals surface area contributed by atoms with Gasteiger partial charge in [-0.25, -0.2) is 4.39 Å². The van der Waals surface area contributed by atoms with Gasteiger partial charge in [0.2, 0.25) is 0 Å². The molecule has 0 aromatic heterocycles. The van der Waals surface area contributed by atoms with Gasteiger partial charge in [-0.1, -0.05) is 32.6 Å². The quantitative estimate of drug-likeness (QED) is 0.665. The molecule has 0 aliphatic rings. The Kier molecular flexibility index (Phi) is 6.03. The van der Waals surface area contributed by atoms with Crippen molar-refractivity contribution in [3.63, 3.8) is 0 Å². The average molecular weight is 237 g/mol. The van der Waals surface area contributed by atoms with E-state index in [9.17, 15) is 4.39 Å². The number of anilines is 1. The van der Waals surface area contributed by atoms with Crippen molar-refractivity contribution in [1.82, 2.24) is 0 Å². The van der Waals surface area contributed by atoms with E-state index in [-0.39, 0.29) is 5.82 Å². The molecule has 0 radical (unpaired) electrons. The third-order valence-electron chi connectivity index (χ3n) is 3.06. The molecule has 0 amide bonds. The van der Waals surface area contributed by atoms with Crippen molar-refractivity contribution in [2.24, 2.45) is 0 Å². The van der Waals surface area contributed by atoms with Crippen molar-refractivity contribution in [2.75, 3.05) is 5.32 Å². The van der Waals surface area contributed by atoms with E-state index in [4.69, 9.17) is 0 Å². The van der Waals surface area contributed by atoms with Crippen LogP contribution in [0.25, 0.3) is 0 Å². The fourth-order valence-electron chi connectivity index (χ4n) is 1.97. The Morgan fingerprint density at radius 1 is 1.24 bits per heavy atom. The third kappa shape index (κ3) is 5.20. The second-order valence-corrected chi connectivity index (χ2v) is 4.86. The van der Waals surface area contributed by atoms with Crippen LogP contribution in [-0.2, 0) is 0 Å². The summed E-state index contributed by atoms with van der Waals surface area (Å²) in [7, 11) is 0. The highest BCUT2D eigenvalue weighted by atomic mass is 19.1. The van der Waals surface area contributed by atoms with E-state index in [1.54, 1.807) is 6.92 Å². The molecule has 1 rings (SSSR count). The van der Waals surface area contributed by atoms with Crippen molar-refractivity contribution >= 4 is 5.69 Å². The van der Waals surface area contributed by atoms with Crippen LogP contribution in [0.4, 0.5) is 10.1 Å². The van der Waals surface area contributed by atoms with E-state index in [1.165, 1.54) is 38.2 Å². The summed E-state index contributed by atoms with van der Waals surface area (Å²) < 4.78 is 13.1. The zero-order valence-corrected chi connectivity index (χ0v) is 11.2. The zero-order chi connectivity index (χ0) is 12.7. The predicted octanol–water partition coefficient (Wildman–Crippen LogP) is 4.90. The first-order chi connectivity index (χ1) is 8.13. The summed E-state index contributed by atoms with van der Waals surface area (Å²) in [5, 5.41) is 3.42. The van der Waals surface area contributed by atoms with Gasteiger partial charge in [0.05, 0.1) is 0 Å². The highest BCUT2D eigenvalue weighted by Crippen LogP contribution is 2.16. The molecular weight excluding hydrogens is 213 g/mol. The summed E-state index contributed by atoms with van der Waals surface area (Å²) in [6, 6.07) is 5.67. The van der Waals surface area contributed by atoms with Crippen molar-refractivity contribution in [1.29, 1.82) is 0 Å². The van der Waals surface area contributed by atoms with Crippen molar-refractivity contribution < 1.29 is 4.39 Å². The predicted molar refractivity (Wildman–Crippen MR) is 73.0 cm³/mol. The molecule has 1 unspecified atom stereocenters. The number of hydrogen-bond donors (Lipinski definition) is 1. The minimum atomic E-state index is -0.133. The Morgan fingerprint density at radius 2 is 2.00 bits per heavy atom. The van der Waals surface area contributed by atoms with E-state index >= 15 is 0 Å². The maximum absolute atomic E-state index is 13.1. The van der Waals surface area contributed by atoms with Crippen LogP contribution in [0.3, 0.4) is 0 Å². The molecule has 1 N–H and O–H groups in total. The van der Waals surface area contributed by atoms with Crippen LogP contribution >= 0.6 is 0 Å². The second kappa shape index (κ2) is 7.31. The summed E-state index contributed by atoms with van der Waals surface area (Å²) in [6.07, 6.45) is 6.35. The monoisotopic (exact) mass is 237 g/mol. The molecule has 0 fully saturated rings. The van der Waals surface area contributed by atoms with Gasteiger partial charge in [-0.05, 0) is 44.0 Å². The van der Waals surface area contributed by atoms with Gasteiger partial charge in [0.1, 0.15) is 5.82 Å². The van der Waals surface area contributed by atoms with Crippen molar-refractivity contribution in [2.45, 2.75) is 58.9 Å². The summed E-state index contributed by atoms with van der Waals surface area (Å²) in [6.45, 7) is 6.21. The SMILES string of the molecule is CCCCCCC(C)Nc1ccc(F)c(C)c1. The van der Waals surface area contributed by atoms with Gasteiger partial charge in [-0.2, -0.15) is 0 Å². The lowest BCUT2D eigenvalue weighted by atomic mass is 10.1. The summed E-state index contributed by atoms with van der Waals surface area (Å²) in [5.41, 5.74) is 1.72. The Hall–Kier alpha value is -1.05. The van der Waals surface area contributed by atoms with E-state index in [1.807, 2.05) is 12.1 Å². The van der Waals surface area contributed by atoms with Gasteiger partial charge in [-0.15, -0.1) is 0 Å². The first-order valence-electron chi connectivity index (χ1n) is 6.66. The molecule has 0 spiro atoms. The fourth-order valence-corrected chi connectivity index (χ4v) is 1.97. The molecule has 0 saturated heterocycles. The molecule has 0 bridgehead atoms. The Balaban J connectivity index is 2.34. The van der Waals surface area contributed by atoms with Crippen LogP contribution in [0.15, 0.2) is 18.2 Å². The minimum Gasteiger partial charge on any atom is -0.383 e. The molecular formula is C15H24FN. The molecule has 1 atom stereocenters. The zero-order valence-electron chi connectivity index (χ0n) is 11.2. The van der Waals surface area contributed by atoms with E-state index in [0.29, 0.717) is 11.6 Å². The van der Waals surface area contributed by atoms with Gasteiger partial charge in [-0.3, -0.25) is 0 Å². The smallest absolute Gasteiger partial charge is 0.126 e. The van der Waals surface area contributed by atoms with Crippen molar-refractivity contribution in [3.8, 4) is 0 Å². The molecule has 17 heavy (non-hydrogen) atoms. The van der Waals surface area contributed by atoms with Crippen LogP contribution < -0.4 is 5.32 Å². The lowest BCUT2D eigenvalue weighted by molar-refractivity contribution is 0.593.